The Balaban J connectivity index is 0.00000199. The van der Waals surface area contributed by atoms with Gasteiger partial charge in [-0.15, -0.1) is 0 Å². The first-order valence-corrected chi connectivity index (χ1v) is 13.8. The van der Waals surface area contributed by atoms with Gasteiger partial charge in [0.2, 0.25) is 5.88 Å². The van der Waals surface area contributed by atoms with Crippen LogP contribution in [0.15, 0.2) is 51.9 Å². The van der Waals surface area contributed by atoms with E-state index in [2.05, 4.69) is 51.8 Å². The zero-order valence-electron chi connectivity index (χ0n) is 18.8. The van der Waals surface area contributed by atoms with Gasteiger partial charge in [-0.1, -0.05) is 41.4 Å². The van der Waals surface area contributed by atoms with Crippen LogP contribution in [0.2, 0.25) is 0 Å². The van der Waals surface area contributed by atoms with E-state index in [-0.39, 0.29) is 30.7 Å². The molecule has 0 aliphatic heterocycles. The molecule has 0 atom stereocenters. The Morgan fingerprint density at radius 3 is 2.21 bits per heavy atom. The highest BCUT2D eigenvalue weighted by atomic mass is 79.9. The predicted octanol–water partition coefficient (Wildman–Crippen LogP) is 4.24. The van der Waals surface area contributed by atoms with E-state index < -0.39 is 9.84 Å². The number of nitrogens with zero attached hydrogens (tertiary/aromatic N) is 4. The molecule has 9 nitrogen and oxygen atoms in total. The fourth-order valence-corrected chi connectivity index (χ4v) is 4.80. The Morgan fingerprint density at radius 2 is 1.56 bits per heavy atom. The fraction of sp³-hybridized carbons (Fsp3) is 0.364. The Kier molecular flexibility index (Phi) is 11.8. The second-order valence-corrected chi connectivity index (χ2v) is 10.8. The predicted molar refractivity (Wildman–Crippen MR) is 136 cm³/mol. The van der Waals surface area contributed by atoms with Crippen LogP contribution in [-0.2, 0) is 15.6 Å². The number of hydrogen-bond acceptors (Lipinski definition) is 9. The van der Waals surface area contributed by atoms with Gasteiger partial charge in [0.15, 0.2) is 9.84 Å². The van der Waals surface area contributed by atoms with Crippen molar-refractivity contribution >= 4 is 41.7 Å². The lowest BCUT2D eigenvalue weighted by Gasteiger charge is -2.14. The quantitative estimate of drug-likeness (QED) is 0.315. The van der Waals surface area contributed by atoms with Crippen molar-refractivity contribution in [3.8, 4) is 23.0 Å². The second-order valence-electron chi connectivity index (χ2n) is 6.83. The number of aromatic nitrogens is 4. The van der Waals surface area contributed by atoms with Crippen molar-refractivity contribution in [2.75, 3.05) is 26.1 Å². The summed E-state index contributed by atoms with van der Waals surface area (Å²) >= 11 is 6.69. The molecule has 0 amide bonds. The second kappa shape index (κ2) is 14.3. The molecule has 1 N–H and O–H groups in total. The normalized spacial score (nSPS) is 10.9. The number of aliphatic hydroxyl groups is 1. The van der Waals surface area contributed by atoms with Gasteiger partial charge in [-0.2, -0.15) is 0 Å². The molecule has 3 aromatic rings. The molecule has 0 fully saturated rings. The van der Waals surface area contributed by atoms with Gasteiger partial charge in [-0.05, 0) is 40.0 Å². The highest BCUT2D eigenvalue weighted by Crippen LogP contribution is 2.32. The first-order chi connectivity index (χ1) is 16.4. The molecule has 3 rings (SSSR count). The number of unbranched alkanes of at least 4 members (excludes halogenated alkanes) is 1. The molecule has 184 valence electrons. The lowest BCUT2D eigenvalue weighted by atomic mass is 10.1. The van der Waals surface area contributed by atoms with Crippen LogP contribution in [0, 0.1) is 0 Å². The van der Waals surface area contributed by atoms with Crippen molar-refractivity contribution in [3.05, 3.63) is 57.6 Å². The number of hydrogen-bond donors (Lipinski definition) is 1. The van der Waals surface area contributed by atoms with Crippen molar-refractivity contribution in [1.82, 2.24) is 19.9 Å². The van der Waals surface area contributed by atoms with Crippen LogP contribution >= 0.6 is 31.9 Å². The Hall–Kier alpha value is -2.15. The Morgan fingerprint density at radius 1 is 0.912 bits per heavy atom. The summed E-state index contributed by atoms with van der Waals surface area (Å²) in [7, 11) is -2.32. The molecular weight excluding hydrogens is 592 g/mol. The number of rotatable bonds is 11. The number of ether oxygens (including phenoxy) is 2. The Labute approximate surface area is 216 Å². The van der Waals surface area contributed by atoms with Crippen LogP contribution in [0.1, 0.15) is 25.5 Å². The summed E-state index contributed by atoms with van der Waals surface area (Å²) in [6, 6.07) is 7.70. The average Bonchev–Trinajstić information content (AvgIpc) is 2.84. The van der Waals surface area contributed by atoms with Gasteiger partial charge in [0, 0.05) is 24.0 Å². The van der Waals surface area contributed by atoms with Gasteiger partial charge in [0.25, 0.3) is 0 Å². The third-order valence-corrected chi connectivity index (χ3v) is 6.90. The molecule has 0 spiro atoms. The van der Waals surface area contributed by atoms with Crippen molar-refractivity contribution in [3.63, 3.8) is 0 Å². The summed E-state index contributed by atoms with van der Waals surface area (Å²) in [5.74, 6) is 0.230. The number of halogens is 2. The molecule has 34 heavy (non-hydrogen) atoms. The first kappa shape index (κ1) is 28.1. The number of sulfone groups is 1. The monoisotopic (exact) mass is 616 g/mol. The first-order valence-electron chi connectivity index (χ1n) is 10.4. The van der Waals surface area contributed by atoms with Gasteiger partial charge >= 0.3 is 6.01 Å². The third kappa shape index (κ3) is 8.90. The smallest absolute Gasteiger partial charge is 0.316 e. The topological polar surface area (TPSA) is 124 Å². The third-order valence-electron chi connectivity index (χ3n) is 4.34. The molecule has 0 aliphatic rings. The fourth-order valence-electron chi connectivity index (χ4n) is 2.82. The van der Waals surface area contributed by atoms with Gasteiger partial charge in [0.1, 0.15) is 19.5 Å². The van der Waals surface area contributed by atoms with Crippen LogP contribution in [-0.4, -0.2) is 59.5 Å². The van der Waals surface area contributed by atoms with Crippen molar-refractivity contribution in [2.45, 2.75) is 25.5 Å². The maximum atomic E-state index is 12.6. The van der Waals surface area contributed by atoms with Crippen LogP contribution in [0.4, 0.5) is 0 Å². The molecule has 0 unspecified atom stereocenters. The minimum absolute atomic E-state index is 0.116. The van der Waals surface area contributed by atoms with E-state index in [0.29, 0.717) is 23.6 Å². The molecular formula is C22H26Br2N4O5S. The van der Waals surface area contributed by atoms with E-state index in [0.717, 1.165) is 28.0 Å². The molecule has 0 saturated carbocycles. The molecule has 2 aromatic heterocycles. The largest absolute Gasteiger partial charge is 0.474 e. The maximum Gasteiger partial charge on any atom is 0.316 e. The van der Waals surface area contributed by atoms with Gasteiger partial charge in [-0.3, -0.25) is 0 Å². The number of benzene rings is 1. The lowest BCUT2D eigenvalue weighted by molar-refractivity contribution is 0.201. The molecule has 0 aliphatic carbocycles. The van der Waals surface area contributed by atoms with E-state index in [4.69, 9.17) is 14.6 Å². The maximum absolute atomic E-state index is 12.6. The average molecular weight is 618 g/mol. The molecule has 0 saturated heterocycles. The molecule has 2 heterocycles. The highest BCUT2D eigenvalue weighted by Gasteiger charge is 2.21. The molecule has 1 aromatic carbocycles. The van der Waals surface area contributed by atoms with Crippen LogP contribution in [0.3, 0.4) is 0 Å². The zero-order valence-corrected chi connectivity index (χ0v) is 22.8. The SMILES string of the molecule is CCCCS(=O)(=O)Cc1ncnc(OCCOc2ncc(Br)cn2)c1-c1ccc(Br)cc1.CO. The summed E-state index contributed by atoms with van der Waals surface area (Å²) in [5.41, 5.74) is 1.73. The van der Waals surface area contributed by atoms with E-state index in [1.807, 2.05) is 31.2 Å². The summed E-state index contributed by atoms with van der Waals surface area (Å²) in [5, 5.41) is 7.00. The summed E-state index contributed by atoms with van der Waals surface area (Å²) < 4.78 is 38.2. The minimum atomic E-state index is -3.32. The summed E-state index contributed by atoms with van der Waals surface area (Å²) in [4.78, 5) is 16.6. The standard InChI is InChI=1S/C21H22Br2N4O4S.CH4O/c1-2-3-10-32(28,29)13-18-19(15-4-6-16(22)7-5-15)20(27-14-26-18)30-8-9-31-21-24-11-17(23)12-25-21;1-2/h4-7,11-12,14H,2-3,8-10,13H2,1H3;2H,1H3. The van der Waals surface area contributed by atoms with Crippen molar-refractivity contribution in [2.24, 2.45) is 0 Å². The van der Waals surface area contributed by atoms with Crippen LogP contribution in [0.25, 0.3) is 11.1 Å². The van der Waals surface area contributed by atoms with Gasteiger partial charge in [0.05, 0.1) is 27.2 Å². The number of aliphatic hydroxyl groups excluding tert-OH is 1. The molecule has 0 radical (unpaired) electrons. The molecule has 0 bridgehead atoms. The summed E-state index contributed by atoms with van der Waals surface area (Å²) in [6.07, 6.45) is 5.91. The zero-order chi connectivity index (χ0) is 25.0. The van der Waals surface area contributed by atoms with Crippen molar-refractivity contribution in [1.29, 1.82) is 0 Å². The molecule has 12 heteroatoms. The Bertz CT molecular complexity index is 1130. The van der Waals surface area contributed by atoms with Crippen LogP contribution < -0.4 is 9.47 Å². The van der Waals surface area contributed by atoms with Crippen LogP contribution in [0.5, 0.6) is 11.9 Å². The minimum Gasteiger partial charge on any atom is -0.474 e. The van der Waals surface area contributed by atoms with E-state index in [9.17, 15) is 8.42 Å². The van der Waals surface area contributed by atoms with Crippen molar-refractivity contribution < 1.29 is 23.0 Å². The summed E-state index contributed by atoms with van der Waals surface area (Å²) in [6.45, 7) is 2.32. The van der Waals surface area contributed by atoms with E-state index in [1.54, 1.807) is 12.4 Å². The lowest BCUT2D eigenvalue weighted by Crippen LogP contribution is -2.14. The van der Waals surface area contributed by atoms with Gasteiger partial charge < -0.3 is 14.6 Å². The van der Waals surface area contributed by atoms with Gasteiger partial charge in [-0.25, -0.2) is 28.4 Å². The van der Waals surface area contributed by atoms with E-state index >= 15 is 0 Å². The highest BCUT2D eigenvalue weighted by molar-refractivity contribution is 9.10. The van der Waals surface area contributed by atoms with E-state index in [1.165, 1.54) is 6.33 Å².